The molecule has 0 aliphatic carbocycles. The number of hydrogen-bond donors (Lipinski definition) is 3. The van der Waals surface area contributed by atoms with Gasteiger partial charge in [-0.2, -0.15) is 0 Å². The fourth-order valence-corrected chi connectivity index (χ4v) is 1.49. The highest BCUT2D eigenvalue weighted by Crippen LogP contribution is 2.15. The Morgan fingerprint density at radius 1 is 1.35 bits per heavy atom. The molecule has 0 aliphatic rings. The molecule has 0 fully saturated rings. The van der Waals surface area contributed by atoms with Gasteiger partial charge in [0, 0.05) is 24.5 Å². The summed E-state index contributed by atoms with van der Waals surface area (Å²) < 4.78 is 5.11. The number of carbonyl (C=O) groups excluding carboxylic acids is 1. The molecule has 2 amide bonds. The van der Waals surface area contributed by atoms with Gasteiger partial charge in [0.1, 0.15) is 0 Å². The molecule has 1 rings (SSSR count). The Hall–Kier alpha value is -1.75. The number of urea groups is 1. The normalized spacial score (nSPS) is 11.9. The second-order valence-electron chi connectivity index (χ2n) is 3.77. The zero-order valence-electron chi connectivity index (χ0n) is 10.2. The smallest absolute Gasteiger partial charge is 0.316 e. The van der Waals surface area contributed by atoms with Crippen molar-refractivity contribution in [1.82, 2.24) is 0 Å². The van der Waals surface area contributed by atoms with Gasteiger partial charge in [-0.1, -0.05) is 6.92 Å². The first-order valence-corrected chi connectivity index (χ1v) is 5.57. The van der Waals surface area contributed by atoms with Crippen LogP contribution in [-0.4, -0.2) is 25.8 Å². The van der Waals surface area contributed by atoms with Gasteiger partial charge in [-0.05, 0) is 30.7 Å². The van der Waals surface area contributed by atoms with E-state index in [0.717, 1.165) is 12.1 Å². The summed E-state index contributed by atoms with van der Waals surface area (Å²) in [6.45, 7) is 2.76. The lowest BCUT2D eigenvalue weighted by atomic mass is 10.2. The third-order valence-electron chi connectivity index (χ3n) is 2.38. The monoisotopic (exact) mass is 237 g/mol. The van der Waals surface area contributed by atoms with Crippen molar-refractivity contribution in [2.75, 3.05) is 24.4 Å². The Kier molecular flexibility index (Phi) is 5.29. The average Bonchev–Trinajstić information content (AvgIpc) is 2.30. The summed E-state index contributed by atoms with van der Waals surface area (Å²) in [5.74, 6) is 0. The van der Waals surface area contributed by atoms with Gasteiger partial charge in [0.2, 0.25) is 0 Å². The molecule has 5 nitrogen and oxygen atoms in total. The highest BCUT2D eigenvalue weighted by molar-refractivity contribution is 5.87. The number of nitrogens with one attached hydrogen (secondary N) is 2. The van der Waals surface area contributed by atoms with Crippen LogP contribution in [0.15, 0.2) is 24.3 Å². The molecule has 4 N–H and O–H groups in total. The Morgan fingerprint density at radius 3 is 2.41 bits per heavy atom. The van der Waals surface area contributed by atoms with Crippen LogP contribution >= 0.6 is 0 Å². The number of primary amides is 1. The molecular formula is C12H19N3O2. The second kappa shape index (κ2) is 6.75. The first-order valence-electron chi connectivity index (χ1n) is 5.57. The lowest BCUT2D eigenvalue weighted by Gasteiger charge is -2.17. The Balaban J connectivity index is 2.57. The van der Waals surface area contributed by atoms with Crippen LogP contribution in [0.25, 0.3) is 0 Å². The average molecular weight is 237 g/mol. The number of ether oxygens (including phenoxy) is 1. The maximum atomic E-state index is 10.6. The minimum absolute atomic E-state index is 0.287. The number of hydrogen-bond acceptors (Lipinski definition) is 3. The second-order valence-corrected chi connectivity index (χ2v) is 3.77. The quantitative estimate of drug-likeness (QED) is 0.708. The van der Waals surface area contributed by atoms with Crippen LogP contribution in [0.5, 0.6) is 0 Å². The minimum atomic E-state index is -0.559. The molecule has 0 aromatic heterocycles. The van der Waals surface area contributed by atoms with Gasteiger partial charge in [-0.15, -0.1) is 0 Å². The van der Waals surface area contributed by atoms with E-state index in [1.165, 1.54) is 0 Å². The van der Waals surface area contributed by atoms with E-state index < -0.39 is 6.03 Å². The van der Waals surface area contributed by atoms with Crippen molar-refractivity contribution in [3.05, 3.63) is 24.3 Å². The molecule has 94 valence electrons. The van der Waals surface area contributed by atoms with E-state index in [0.29, 0.717) is 12.3 Å². The Labute approximate surface area is 101 Å². The summed E-state index contributed by atoms with van der Waals surface area (Å²) >= 11 is 0. The molecule has 0 saturated heterocycles. The molecule has 17 heavy (non-hydrogen) atoms. The number of carbonyl (C=O) groups is 1. The van der Waals surface area contributed by atoms with E-state index >= 15 is 0 Å². The molecule has 0 spiro atoms. The predicted molar refractivity (Wildman–Crippen MR) is 69.2 cm³/mol. The lowest BCUT2D eigenvalue weighted by molar-refractivity contribution is 0.184. The first kappa shape index (κ1) is 13.3. The number of nitrogens with two attached hydrogens (primary N) is 1. The fourth-order valence-electron chi connectivity index (χ4n) is 1.49. The lowest BCUT2D eigenvalue weighted by Crippen LogP contribution is -2.23. The van der Waals surface area contributed by atoms with Crippen molar-refractivity contribution in [2.24, 2.45) is 5.73 Å². The fraction of sp³-hybridized carbons (Fsp3) is 0.417. The summed E-state index contributed by atoms with van der Waals surface area (Å²) in [5.41, 5.74) is 6.70. The number of anilines is 2. The maximum absolute atomic E-state index is 10.6. The third-order valence-corrected chi connectivity index (χ3v) is 2.38. The van der Waals surface area contributed by atoms with Crippen molar-refractivity contribution in [3.8, 4) is 0 Å². The van der Waals surface area contributed by atoms with Crippen molar-refractivity contribution in [1.29, 1.82) is 0 Å². The van der Waals surface area contributed by atoms with E-state index in [1.807, 2.05) is 12.1 Å². The molecule has 1 aromatic carbocycles. The van der Waals surface area contributed by atoms with E-state index in [4.69, 9.17) is 10.5 Å². The number of amides is 2. The summed E-state index contributed by atoms with van der Waals surface area (Å²) in [7, 11) is 1.68. The zero-order chi connectivity index (χ0) is 12.7. The van der Waals surface area contributed by atoms with E-state index in [1.54, 1.807) is 19.2 Å². The van der Waals surface area contributed by atoms with Crippen molar-refractivity contribution < 1.29 is 9.53 Å². The van der Waals surface area contributed by atoms with Gasteiger partial charge in [-0.25, -0.2) is 4.79 Å². The third kappa shape index (κ3) is 4.74. The van der Waals surface area contributed by atoms with Crippen LogP contribution in [0.3, 0.4) is 0 Å². The van der Waals surface area contributed by atoms with Crippen molar-refractivity contribution in [3.63, 3.8) is 0 Å². The van der Waals surface area contributed by atoms with Gasteiger partial charge < -0.3 is 21.1 Å². The largest absolute Gasteiger partial charge is 0.383 e. The van der Waals surface area contributed by atoms with Gasteiger partial charge in [0.25, 0.3) is 0 Å². The molecule has 0 bridgehead atoms. The first-order chi connectivity index (χ1) is 8.15. The molecule has 0 saturated carbocycles. The number of benzene rings is 1. The van der Waals surface area contributed by atoms with Crippen LogP contribution in [0.2, 0.25) is 0 Å². The van der Waals surface area contributed by atoms with Crippen LogP contribution in [0.4, 0.5) is 16.2 Å². The molecule has 0 radical (unpaired) electrons. The zero-order valence-corrected chi connectivity index (χ0v) is 10.2. The van der Waals surface area contributed by atoms with Crippen molar-refractivity contribution in [2.45, 2.75) is 19.4 Å². The highest BCUT2D eigenvalue weighted by atomic mass is 16.5. The highest BCUT2D eigenvalue weighted by Gasteiger charge is 2.05. The summed E-state index contributed by atoms with van der Waals surface area (Å²) in [6, 6.07) is 7.11. The van der Waals surface area contributed by atoms with Gasteiger partial charge in [0.05, 0.1) is 6.61 Å². The SMILES string of the molecule is CCC(COC)Nc1ccc(NC(N)=O)cc1. The minimum Gasteiger partial charge on any atom is -0.383 e. The topological polar surface area (TPSA) is 76.4 Å². The van der Waals surface area contributed by atoms with E-state index in [9.17, 15) is 4.79 Å². The summed E-state index contributed by atoms with van der Waals surface area (Å²) in [5, 5.41) is 5.85. The predicted octanol–water partition coefficient (Wildman–Crippen LogP) is 2.01. The molecule has 1 aromatic rings. The number of methoxy groups -OCH3 is 1. The Morgan fingerprint density at radius 2 is 1.94 bits per heavy atom. The number of rotatable bonds is 6. The van der Waals surface area contributed by atoms with Crippen molar-refractivity contribution >= 4 is 17.4 Å². The molecule has 1 atom stereocenters. The van der Waals surface area contributed by atoms with Gasteiger partial charge >= 0.3 is 6.03 Å². The van der Waals surface area contributed by atoms with Gasteiger partial charge in [-0.3, -0.25) is 0 Å². The van der Waals surface area contributed by atoms with Crippen LogP contribution < -0.4 is 16.4 Å². The van der Waals surface area contributed by atoms with Crippen LogP contribution in [-0.2, 0) is 4.74 Å². The molecule has 1 unspecified atom stereocenters. The molecular weight excluding hydrogens is 218 g/mol. The van der Waals surface area contributed by atoms with Crippen LogP contribution in [0, 0.1) is 0 Å². The van der Waals surface area contributed by atoms with E-state index in [-0.39, 0.29) is 6.04 Å². The molecule has 5 heteroatoms. The van der Waals surface area contributed by atoms with Gasteiger partial charge in [0.15, 0.2) is 0 Å². The maximum Gasteiger partial charge on any atom is 0.316 e. The molecule has 0 heterocycles. The standard InChI is InChI=1S/C12H19N3O2/c1-3-9(8-17-2)14-10-4-6-11(7-5-10)15-12(13)16/h4-7,9,14H,3,8H2,1-2H3,(H3,13,15,16). The molecule has 0 aliphatic heterocycles. The summed E-state index contributed by atoms with van der Waals surface area (Å²) in [4.78, 5) is 10.6. The summed E-state index contributed by atoms with van der Waals surface area (Å²) in [6.07, 6.45) is 0.981. The Bertz CT molecular complexity index is 351. The van der Waals surface area contributed by atoms with Crippen LogP contribution in [0.1, 0.15) is 13.3 Å². The van der Waals surface area contributed by atoms with E-state index in [2.05, 4.69) is 17.6 Å².